The summed E-state index contributed by atoms with van der Waals surface area (Å²) in [5, 5.41) is 0. The number of halogens is 3. The third-order valence-corrected chi connectivity index (χ3v) is 3.78. The molecule has 0 saturated carbocycles. The van der Waals surface area contributed by atoms with Crippen LogP contribution in [0.2, 0.25) is 0 Å². The number of aryl methyl sites for hydroxylation is 2. The Labute approximate surface area is 118 Å². The van der Waals surface area contributed by atoms with Gasteiger partial charge in [-0.3, -0.25) is 4.79 Å². The van der Waals surface area contributed by atoms with Crippen LogP contribution < -0.4 is 0 Å². The zero-order chi connectivity index (χ0) is 14.2. The van der Waals surface area contributed by atoms with Gasteiger partial charge in [-0.1, -0.05) is 28.1 Å². The standard InChI is InChI=1S/C15H11BrF2O/c1-8-3-4-10(6-12(8)16)15(19)11-7-13(17)9(2)5-14(11)18/h3-7H,1-2H3. The Morgan fingerprint density at radius 1 is 1.00 bits per heavy atom. The SMILES string of the molecule is Cc1cc(F)c(C(=O)c2ccc(C)c(Br)c2)cc1F. The largest absolute Gasteiger partial charge is 0.288 e. The monoisotopic (exact) mass is 324 g/mol. The first-order valence-corrected chi connectivity index (χ1v) is 6.46. The van der Waals surface area contributed by atoms with E-state index in [4.69, 9.17) is 0 Å². The van der Waals surface area contributed by atoms with Crippen LogP contribution >= 0.6 is 15.9 Å². The quantitative estimate of drug-likeness (QED) is 0.739. The lowest BCUT2D eigenvalue weighted by molar-refractivity contribution is 0.103. The Kier molecular flexibility index (Phi) is 3.80. The van der Waals surface area contributed by atoms with Crippen molar-refractivity contribution in [2.45, 2.75) is 13.8 Å². The average molecular weight is 325 g/mol. The molecular weight excluding hydrogens is 314 g/mol. The van der Waals surface area contributed by atoms with Gasteiger partial charge in [0, 0.05) is 10.0 Å². The van der Waals surface area contributed by atoms with E-state index in [1.54, 1.807) is 18.2 Å². The van der Waals surface area contributed by atoms with Crippen molar-refractivity contribution in [1.82, 2.24) is 0 Å². The van der Waals surface area contributed by atoms with Crippen molar-refractivity contribution in [2.24, 2.45) is 0 Å². The first-order chi connectivity index (χ1) is 8.90. The van der Waals surface area contributed by atoms with Crippen molar-refractivity contribution < 1.29 is 13.6 Å². The molecule has 98 valence electrons. The van der Waals surface area contributed by atoms with Gasteiger partial charge in [0.25, 0.3) is 0 Å². The normalized spacial score (nSPS) is 10.6. The fourth-order valence-electron chi connectivity index (χ4n) is 1.71. The molecule has 19 heavy (non-hydrogen) atoms. The third kappa shape index (κ3) is 2.73. The molecule has 0 heterocycles. The predicted molar refractivity (Wildman–Crippen MR) is 73.4 cm³/mol. The van der Waals surface area contributed by atoms with Gasteiger partial charge >= 0.3 is 0 Å². The van der Waals surface area contributed by atoms with Crippen molar-refractivity contribution >= 4 is 21.7 Å². The van der Waals surface area contributed by atoms with E-state index < -0.39 is 17.4 Å². The van der Waals surface area contributed by atoms with E-state index in [1.807, 2.05) is 6.92 Å². The Hall–Kier alpha value is -1.55. The van der Waals surface area contributed by atoms with Crippen LogP contribution in [0.1, 0.15) is 27.0 Å². The highest BCUT2D eigenvalue weighted by Gasteiger charge is 2.17. The molecule has 1 nitrogen and oxygen atoms in total. The number of ketones is 1. The molecule has 0 atom stereocenters. The van der Waals surface area contributed by atoms with Crippen molar-refractivity contribution in [3.63, 3.8) is 0 Å². The van der Waals surface area contributed by atoms with E-state index >= 15 is 0 Å². The van der Waals surface area contributed by atoms with Gasteiger partial charge in [0.1, 0.15) is 11.6 Å². The molecule has 0 aliphatic rings. The third-order valence-electron chi connectivity index (χ3n) is 2.93. The van der Waals surface area contributed by atoms with Crippen LogP contribution in [0.5, 0.6) is 0 Å². The fourth-order valence-corrected chi connectivity index (χ4v) is 2.09. The van der Waals surface area contributed by atoms with Crippen LogP contribution in [0.15, 0.2) is 34.8 Å². The fraction of sp³-hybridized carbons (Fsp3) is 0.133. The summed E-state index contributed by atoms with van der Waals surface area (Å²) in [5.74, 6) is -1.83. The van der Waals surface area contributed by atoms with Gasteiger partial charge in [0.15, 0.2) is 5.78 Å². The van der Waals surface area contributed by atoms with E-state index in [2.05, 4.69) is 15.9 Å². The number of carbonyl (C=O) groups excluding carboxylic acids is 1. The maximum absolute atomic E-state index is 13.7. The zero-order valence-electron chi connectivity index (χ0n) is 10.4. The molecule has 0 aliphatic carbocycles. The lowest BCUT2D eigenvalue weighted by Crippen LogP contribution is -2.06. The molecule has 2 aromatic carbocycles. The minimum atomic E-state index is -0.708. The number of hydrogen-bond donors (Lipinski definition) is 0. The number of hydrogen-bond acceptors (Lipinski definition) is 1. The summed E-state index contributed by atoms with van der Waals surface area (Å²) in [4.78, 5) is 12.2. The summed E-state index contributed by atoms with van der Waals surface area (Å²) in [7, 11) is 0. The van der Waals surface area contributed by atoms with E-state index in [0.717, 1.165) is 22.2 Å². The minimum absolute atomic E-state index is 0.180. The van der Waals surface area contributed by atoms with Gasteiger partial charge in [-0.15, -0.1) is 0 Å². The summed E-state index contributed by atoms with van der Waals surface area (Å²) >= 11 is 3.31. The van der Waals surface area contributed by atoms with Crippen LogP contribution in [0.3, 0.4) is 0 Å². The smallest absolute Gasteiger partial charge is 0.196 e. The van der Waals surface area contributed by atoms with Crippen LogP contribution in [-0.4, -0.2) is 5.78 Å². The zero-order valence-corrected chi connectivity index (χ0v) is 12.0. The molecule has 2 rings (SSSR count). The second kappa shape index (κ2) is 5.21. The van der Waals surface area contributed by atoms with Crippen molar-refractivity contribution in [2.75, 3.05) is 0 Å². The Morgan fingerprint density at radius 3 is 2.32 bits per heavy atom. The maximum Gasteiger partial charge on any atom is 0.196 e. The molecule has 0 aromatic heterocycles. The Morgan fingerprint density at radius 2 is 1.68 bits per heavy atom. The van der Waals surface area contributed by atoms with E-state index in [-0.39, 0.29) is 11.1 Å². The topological polar surface area (TPSA) is 17.1 Å². The highest BCUT2D eigenvalue weighted by molar-refractivity contribution is 9.10. The Balaban J connectivity index is 2.49. The molecule has 0 amide bonds. The lowest BCUT2D eigenvalue weighted by atomic mass is 10.0. The van der Waals surface area contributed by atoms with Gasteiger partial charge in [0.05, 0.1) is 5.56 Å². The number of rotatable bonds is 2. The Bertz CT molecular complexity index is 665. The molecule has 0 fully saturated rings. The van der Waals surface area contributed by atoms with E-state index in [1.165, 1.54) is 6.92 Å². The highest BCUT2D eigenvalue weighted by Crippen LogP contribution is 2.22. The van der Waals surface area contributed by atoms with Gasteiger partial charge in [-0.2, -0.15) is 0 Å². The van der Waals surface area contributed by atoms with Crippen LogP contribution in [0.4, 0.5) is 8.78 Å². The minimum Gasteiger partial charge on any atom is -0.288 e. The number of benzene rings is 2. The molecule has 0 bridgehead atoms. The second-order valence-corrected chi connectivity index (χ2v) is 5.23. The van der Waals surface area contributed by atoms with Gasteiger partial charge in [-0.25, -0.2) is 8.78 Å². The molecule has 0 N–H and O–H groups in total. The molecule has 0 saturated heterocycles. The highest BCUT2D eigenvalue weighted by atomic mass is 79.9. The molecule has 0 unspecified atom stereocenters. The second-order valence-electron chi connectivity index (χ2n) is 4.37. The molecule has 0 spiro atoms. The predicted octanol–water partition coefficient (Wildman–Crippen LogP) is 4.58. The molecular formula is C15H11BrF2O. The summed E-state index contributed by atoms with van der Waals surface area (Å²) < 4.78 is 28.0. The maximum atomic E-state index is 13.7. The van der Waals surface area contributed by atoms with Gasteiger partial charge in [0.2, 0.25) is 0 Å². The van der Waals surface area contributed by atoms with Crippen LogP contribution in [0, 0.1) is 25.5 Å². The van der Waals surface area contributed by atoms with E-state index in [9.17, 15) is 13.6 Å². The van der Waals surface area contributed by atoms with Crippen molar-refractivity contribution in [3.8, 4) is 0 Å². The summed E-state index contributed by atoms with van der Waals surface area (Å²) in [6.45, 7) is 3.33. The van der Waals surface area contributed by atoms with Crippen LogP contribution in [-0.2, 0) is 0 Å². The van der Waals surface area contributed by atoms with E-state index in [0.29, 0.717) is 5.56 Å². The van der Waals surface area contributed by atoms with Crippen LogP contribution in [0.25, 0.3) is 0 Å². The van der Waals surface area contributed by atoms with Crippen molar-refractivity contribution in [3.05, 3.63) is 68.7 Å². The molecule has 0 aliphatic heterocycles. The molecule has 2 aromatic rings. The molecule has 0 radical (unpaired) electrons. The summed E-state index contributed by atoms with van der Waals surface area (Å²) in [5.41, 5.74) is 1.21. The summed E-state index contributed by atoms with van der Waals surface area (Å²) in [6, 6.07) is 6.93. The average Bonchev–Trinajstić information content (AvgIpc) is 2.36. The lowest BCUT2D eigenvalue weighted by Gasteiger charge is -2.06. The van der Waals surface area contributed by atoms with Gasteiger partial charge < -0.3 is 0 Å². The van der Waals surface area contributed by atoms with Gasteiger partial charge in [-0.05, 0) is 43.2 Å². The first kappa shape index (κ1) is 13.9. The first-order valence-electron chi connectivity index (χ1n) is 5.66. The summed E-state index contributed by atoms with van der Waals surface area (Å²) in [6.07, 6.45) is 0. The molecule has 4 heteroatoms. The number of carbonyl (C=O) groups is 1. The van der Waals surface area contributed by atoms with Crippen molar-refractivity contribution in [1.29, 1.82) is 0 Å².